The van der Waals surface area contributed by atoms with Crippen molar-refractivity contribution in [2.24, 2.45) is 0 Å². The van der Waals surface area contributed by atoms with Crippen molar-refractivity contribution in [3.63, 3.8) is 0 Å². The van der Waals surface area contributed by atoms with Gasteiger partial charge in [-0.1, -0.05) is 26.0 Å². The van der Waals surface area contributed by atoms with Crippen LogP contribution in [0.3, 0.4) is 0 Å². The molecule has 0 atom stereocenters. The van der Waals surface area contributed by atoms with Crippen LogP contribution in [0.4, 0.5) is 0 Å². The maximum Gasteiger partial charge on any atom is 0.161 e. The Balaban J connectivity index is 2.17. The molecule has 22 heavy (non-hydrogen) atoms. The van der Waals surface area contributed by atoms with E-state index >= 15 is 0 Å². The van der Waals surface area contributed by atoms with Gasteiger partial charge in [-0.15, -0.1) is 11.8 Å². The van der Waals surface area contributed by atoms with Crippen molar-refractivity contribution in [1.82, 2.24) is 15.0 Å². The van der Waals surface area contributed by atoms with Gasteiger partial charge in [-0.25, -0.2) is 9.97 Å². The van der Waals surface area contributed by atoms with Gasteiger partial charge in [0.05, 0.1) is 12.6 Å². The van der Waals surface area contributed by atoms with E-state index in [1.807, 2.05) is 36.4 Å². The second kappa shape index (κ2) is 6.32. The summed E-state index contributed by atoms with van der Waals surface area (Å²) in [5.74, 6) is 1.49. The van der Waals surface area contributed by atoms with Crippen LogP contribution in [0.1, 0.15) is 13.8 Å². The van der Waals surface area contributed by atoms with Gasteiger partial charge >= 0.3 is 0 Å². The van der Waals surface area contributed by atoms with E-state index in [9.17, 15) is 0 Å². The lowest BCUT2D eigenvalue weighted by atomic mass is 10.2. The molecule has 5 heteroatoms. The summed E-state index contributed by atoms with van der Waals surface area (Å²) in [4.78, 5) is 13.8. The van der Waals surface area contributed by atoms with Crippen LogP contribution < -0.4 is 4.74 Å². The van der Waals surface area contributed by atoms with Crippen LogP contribution in [0.25, 0.3) is 22.4 Å². The number of thioether (sulfide) groups is 1. The van der Waals surface area contributed by atoms with Crippen LogP contribution in [0, 0.1) is 0 Å². The van der Waals surface area contributed by atoms with Gasteiger partial charge in [0.15, 0.2) is 5.82 Å². The third kappa shape index (κ3) is 3.04. The Morgan fingerprint density at radius 3 is 2.73 bits per heavy atom. The van der Waals surface area contributed by atoms with Gasteiger partial charge < -0.3 is 4.74 Å². The first-order valence-corrected chi connectivity index (χ1v) is 7.99. The molecule has 3 aromatic rings. The van der Waals surface area contributed by atoms with Crippen molar-refractivity contribution < 1.29 is 4.74 Å². The number of fused-ring (bicyclic) bond motifs is 1. The zero-order valence-corrected chi connectivity index (χ0v) is 13.6. The predicted molar refractivity (Wildman–Crippen MR) is 90.3 cm³/mol. The molecule has 0 aliphatic carbocycles. The van der Waals surface area contributed by atoms with Crippen LogP contribution in [0.2, 0.25) is 0 Å². The lowest BCUT2D eigenvalue weighted by molar-refractivity contribution is 0.415. The zero-order valence-electron chi connectivity index (χ0n) is 12.8. The van der Waals surface area contributed by atoms with E-state index in [2.05, 4.69) is 23.8 Å². The molecule has 0 saturated carbocycles. The average molecular weight is 311 g/mol. The largest absolute Gasteiger partial charge is 0.497 e. The highest BCUT2D eigenvalue weighted by atomic mass is 32.2. The molecular weight excluding hydrogens is 294 g/mol. The molecule has 0 unspecified atom stereocenters. The van der Waals surface area contributed by atoms with E-state index in [0.717, 1.165) is 27.4 Å². The minimum Gasteiger partial charge on any atom is -0.497 e. The molecule has 3 rings (SSSR count). The standard InChI is InChI=1S/C17H17N3OS/c1-11(2)22-17-15-14(8-5-9-18-15)19-16(20-17)12-6-4-7-13(10-12)21-3/h4-11H,1-3H3. The molecule has 0 saturated heterocycles. The molecule has 0 aliphatic rings. The number of ether oxygens (including phenoxy) is 1. The monoisotopic (exact) mass is 311 g/mol. The van der Waals surface area contributed by atoms with E-state index in [0.29, 0.717) is 11.1 Å². The molecule has 1 aromatic carbocycles. The van der Waals surface area contributed by atoms with Crippen molar-refractivity contribution >= 4 is 22.8 Å². The van der Waals surface area contributed by atoms with Crippen LogP contribution in [-0.2, 0) is 0 Å². The van der Waals surface area contributed by atoms with Crippen molar-refractivity contribution in [2.75, 3.05) is 7.11 Å². The van der Waals surface area contributed by atoms with Gasteiger partial charge in [0, 0.05) is 17.0 Å². The molecule has 0 bridgehead atoms. The lowest BCUT2D eigenvalue weighted by Crippen LogP contribution is -1.98. The number of aromatic nitrogens is 3. The van der Waals surface area contributed by atoms with Gasteiger partial charge in [-0.3, -0.25) is 4.98 Å². The highest BCUT2D eigenvalue weighted by molar-refractivity contribution is 8.00. The summed E-state index contributed by atoms with van der Waals surface area (Å²) >= 11 is 1.70. The second-order valence-corrected chi connectivity index (χ2v) is 6.69. The Hall–Kier alpha value is -2.14. The Labute approximate surface area is 134 Å². The van der Waals surface area contributed by atoms with Crippen molar-refractivity contribution in [2.45, 2.75) is 24.1 Å². The van der Waals surface area contributed by atoms with Crippen molar-refractivity contribution in [3.8, 4) is 17.1 Å². The fraction of sp³-hybridized carbons (Fsp3) is 0.235. The van der Waals surface area contributed by atoms with Crippen LogP contribution in [-0.4, -0.2) is 27.3 Å². The highest BCUT2D eigenvalue weighted by Gasteiger charge is 2.12. The van der Waals surface area contributed by atoms with Gasteiger partial charge in [-0.05, 0) is 24.3 Å². The molecular formula is C17H17N3OS. The zero-order chi connectivity index (χ0) is 15.5. The topological polar surface area (TPSA) is 47.9 Å². The number of benzene rings is 1. The van der Waals surface area contributed by atoms with Crippen LogP contribution in [0.15, 0.2) is 47.6 Å². The van der Waals surface area contributed by atoms with E-state index in [4.69, 9.17) is 9.72 Å². The summed E-state index contributed by atoms with van der Waals surface area (Å²) in [5, 5.41) is 1.34. The van der Waals surface area contributed by atoms with Crippen molar-refractivity contribution in [3.05, 3.63) is 42.6 Å². The first-order valence-electron chi connectivity index (χ1n) is 7.11. The second-order valence-electron chi connectivity index (χ2n) is 5.12. The quantitative estimate of drug-likeness (QED) is 0.534. The van der Waals surface area contributed by atoms with Gasteiger partial charge in [0.25, 0.3) is 0 Å². The number of rotatable bonds is 4. The van der Waals surface area contributed by atoms with E-state index in [-0.39, 0.29) is 0 Å². The minimum absolute atomic E-state index is 0.429. The maximum absolute atomic E-state index is 5.29. The molecule has 0 N–H and O–H groups in total. The number of hydrogen-bond donors (Lipinski definition) is 0. The summed E-state index contributed by atoms with van der Waals surface area (Å²) in [5.41, 5.74) is 2.65. The molecule has 0 spiro atoms. The average Bonchev–Trinajstić information content (AvgIpc) is 2.54. The molecule has 0 fully saturated rings. The first-order chi connectivity index (χ1) is 10.7. The summed E-state index contributed by atoms with van der Waals surface area (Å²) in [6.07, 6.45) is 1.78. The Bertz CT molecular complexity index is 805. The summed E-state index contributed by atoms with van der Waals surface area (Å²) in [6.45, 7) is 4.29. The molecule has 0 radical (unpaired) electrons. The van der Waals surface area contributed by atoms with Crippen molar-refractivity contribution in [1.29, 1.82) is 0 Å². The SMILES string of the molecule is COc1cccc(-c2nc(SC(C)C)c3ncccc3n2)c1. The Morgan fingerprint density at radius 1 is 1.09 bits per heavy atom. The first kappa shape index (κ1) is 14.8. The fourth-order valence-corrected chi connectivity index (χ4v) is 2.99. The third-order valence-corrected chi connectivity index (χ3v) is 4.08. The number of methoxy groups -OCH3 is 1. The lowest BCUT2D eigenvalue weighted by Gasteiger charge is -2.10. The van der Waals surface area contributed by atoms with Gasteiger partial charge in [0.1, 0.15) is 16.3 Å². The molecule has 0 amide bonds. The van der Waals surface area contributed by atoms with Crippen LogP contribution >= 0.6 is 11.8 Å². The van der Waals surface area contributed by atoms with Crippen LogP contribution in [0.5, 0.6) is 5.75 Å². The fourth-order valence-electron chi connectivity index (χ4n) is 2.14. The van der Waals surface area contributed by atoms with Gasteiger partial charge in [-0.2, -0.15) is 0 Å². The molecule has 0 aliphatic heterocycles. The molecule has 2 heterocycles. The number of nitrogens with zero attached hydrogens (tertiary/aromatic N) is 3. The van der Waals surface area contributed by atoms with Gasteiger partial charge in [0.2, 0.25) is 0 Å². The smallest absolute Gasteiger partial charge is 0.161 e. The molecule has 112 valence electrons. The summed E-state index contributed by atoms with van der Waals surface area (Å²) in [7, 11) is 1.66. The Kier molecular flexibility index (Phi) is 4.24. The maximum atomic E-state index is 5.29. The molecule has 4 nitrogen and oxygen atoms in total. The number of hydrogen-bond acceptors (Lipinski definition) is 5. The Morgan fingerprint density at radius 2 is 1.95 bits per heavy atom. The summed E-state index contributed by atoms with van der Waals surface area (Å²) in [6, 6.07) is 11.7. The normalized spacial score (nSPS) is 11.1. The van der Waals surface area contributed by atoms with E-state index in [1.54, 1.807) is 25.1 Å². The van der Waals surface area contributed by atoms with E-state index < -0.39 is 0 Å². The summed E-state index contributed by atoms with van der Waals surface area (Å²) < 4.78 is 5.29. The minimum atomic E-state index is 0.429. The third-order valence-electron chi connectivity index (χ3n) is 3.10. The highest BCUT2D eigenvalue weighted by Crippen LogP contribution is 2.30. The predicted octanol–water partition coefficient (Wildman–Crippen LogP) is 4.20. The van der Waals surface area contributed by atoms with E-state index in [1.165, 1.54) is 0 Å². The molecule has 2 aromatic heterocycles. The number of pyridine rings is 1.